The van der Waals surface area contributed by atoms with E-state index in [4.69, 9.17) is 4.74 Å². The van der Waals surface area contributed by atoms with Crippen LogP contribution in [0, 0.1) is 0 Å². The largest absolute Gasteiger partial charge is 0.385 e. The zero-order valence-electron chi connectivity index (χ0n) is 10.8. The molecule has 0 saturated carbocycles. The van der Waals surface area contributed by atoms with E-state index in [-0.39, 0.29) is 0 Å². The van der Waals surface area contributed by atoms with Gasteiger partial charge in [0.05, 0.1) is 0 Å². The third kappa shape index (κ3) is 4.49. The molecule has 0 bridgehead atoms. The third-order valence-electron chi connectivity index (χ3n) is 3.14. The first-order valence-corrected chi connectivity index (χ1v) is 6.00. The predicted octanol–water partition coefficient (Wildman–Crippen LogP) is 1.44. The van der Waals surface area contributed by atoms with Crippen molar-refractivity contribution in [2.75, 3.05) is 46.4 Å². The fourth-order valence-electron chi connectivity index (χ4n) is 2.07. The van der Waals surface area contributed by atoms with Gasteiger partial charge in [0, 0.05) is 52.0 Å². The van der Waals surface area contributed by atoms with Crippen molar-refractivity contribution in [2.45, 2.75) is 32.7 Å². The molecule has 1 fully saturated rings. The third-order valence-corrected chi connectivity index (χ3v) is 3.14. The Kier molecular flexibility index (Phi) is 5.03. The highest BCUT2D eigenvalue weighted by Crippen LogP contribution is 2.15. The van der Waals surface area contributed by atoms with Crippen LogP contribution in [-0.4, -0.2) is 61.8 Å². The number of hydrogen-bond donors (Lipinski definition) is 0. The van der Waals surface area contributed by atoms with Gasteiger partial charge in [0.15, 0.2) is 0 Å². The average Bonchev–Trinajstić information content (AvgIpc) is 2.18. The zero-order valence-corrected chi connectivity index (χ0v) is 10.8. The molecule has 0 aromatic carbocycles. The molecule has 0 aliphatic carbocycles. The van der Waals surface area contributed by atoms with Gasteiger partial charge in [-0.1, -0.05) is 0 Å². The molecule has 90 valence electrons. The topological polar surface area (TPSA) is 15.7 Å². The molecular weight excluding hydrogens is 188 g/mol. The summed E-state index contributed by atoms with van der Waals surface area (Å²) in [5, 5.41) is 0. The van der Waals surface area contributed by atoms with Crippen molar-refractivity contribution >= 4 is 0 Å². The molecule has 0 aromatic rings. The molecule has 0 N–H and O–H groups in total. The summed E-state index contributed by atoms with van der Waals surface area (Å²) in [6.07, 6.45) is 1.16. The second-order valence-corrected chi connectivity index (χ2v) is 5.35. The maximum absolute atomic E-state index is 5.07. The van der Waals surface area contributed by atoms with Crippen molar-refractivity contribution in [2.24, 2.45) is 0 Å². The van der Waals surface area contributed by atoms with Crippen LogP contribution in [0.3, 0.4) is 0 Å². The number of rotatable bonds is 4. The summed E-state index contributed by atoms with van der Waals surface area (Å²) in [6.45, 7) is 13.8. The van der Waals surface area contributed by atoms with Gasteiger partial charge in [0.1, 0.15) is 0 Å². The molecular formula is C12H26N2O. The summed E-state index contributed by atoms with van der Waals surface area (Å²) >= 11 is 0. The van der Waals surface area contributed by atoms with Crippen LogP contribution in [0.15, 0.2) is 0 Å². The Morgan fingerprint density at radius 1 is 1.07 bits per heavy atom. The van der Waals surface area contributed by atoms with Gasteiger partial charge < -0.3 is 9.64 Å². The van der Waals surface area contributed by atoms with E-state index < -0.39 is 0 Å². The molecule has 0 unspecified atom stereocenters. The molecule has 0 amide bonds. The minimum Gasteiger partial charge on any atom is -0.385 e. The van der Waals surface area contributed by atoms with E-state index in [1.54, 1.807) is 7.11 Å². The van der Waals surface area contributed by atoms with E-state index in [1.807, 2.05) is 0 Å². The SMILES string of the molecule is COCCCN1CCN(C(C)(C)C)CC1. The average molecular weight is 214 g/mol. The van der Waals surface area contributed by atoms with Gasteiger partial charge in [-0.25, -0.2) is 0 Å². The lowest BCUT2D eigenvalue weighted by atomic mass is 10.0. The summed E-state index contributed by atoms with van der Waals surface area (Å²) < 4.78 is 5.07. The molecule has 3 nitrogen and oxygen atoms in total. The molecule has 0 atom stereocenters. The van der Waals surface area contributed by atoms with Gasteiger partial charge in [-0.3, -0.25) is 4.90 Å². The number of hydrogen-bond acceptors (Lipinski definition) is 3. The molecule has 1 heterocycles. The first-order valence-electron chi connectivity index (χ1n) is 6.00. The molecule has 15 heavy (non-hydrogen) atoms. The van der Waals surface area contributed by atoms with Crippen molar-refractivity contribution < 1.29 is 4.74 Å². The maximum atomic E-state index is 5.07. The molecule has 0 aromatic heterocycles. The highest BCUT2D eigenvalue weighted by Gasteiger charge is 2.25. The van der Waals surface area contributed by atoms with Crippen molar-refractivity contribution in [1.29, 1.82) is 0 Å². The van der Waals surface area contributed by atoms with Crippen LogP contribution >= 0.6 is 0 Å². The highest BCUT2D eigenvalue weighted by atomic mass is 16.5. The van der Waals surface area contributed by atoms with Crippen molar-refractivity contribution in [3.63, 3.8) is 0 Å². The minimum atomic E-state index is 0.332. The summed E-state index contributed by atoms with van der Waals surface area (Å²) in [5.74, 6) is 0. The smallest absolute Gasteiger partial charge is 0.0474 e. The Hall–Kier alpha value is -0.120. The van der Waals surface area contributed by atoms with Gasteiger partial charge >= 0.3 is 0 Å². The van der Waals surface area contributed by atoms with Crippen LogP contribution in [0.2, 0.25) is 0 Å². The van der Waals surface area contributed by atoms with Gasteiger partial charge in [0.2, 0.25) is 0 Å². The normalized spacial score (nSPS) is 20.8. The van der Waals surface area contributed by atoms with E-state index in [0.717, 1.165) is 13.0 Å². The van der Waals surface area contributed by atoms with Crippen LogP contribution in [0.5, 0.6) is 0 Å². The maximum Gasteiger partial charge on any atom is 0.0474 e. The number of nitrogens with zero attached hydrogens (tertiary/aromatic N) is 2. The summed E-state index contributed by atoms with van der Waals surface area (Å²) in [5.41, 5.74) is 0.332. The van der Waals surface area contributed by atoms with Crippen LogP contribution in [0.1, 0.15) is 27.2 Å². The van der Waals surface area contributed by atoms with E-state index >= 15 is 0 Å². The van der Waals surface area contributed by atoms with Crippen LogP contribution in [0.4, 0.5) is 0 Å². The van der Waals surface area contributed by atoms with Gasteiger partial charge in [-0.15, -0.1) is 0 Å². The van der Waals surface area contributed by atoms with Gasteiger partial charge in [0.25, 0.3) is 0 Å². The number of ether oxygens (including phenoxy) is 1. The highest BCUT2D eigenvalue weighted by molar-refractivity contribution is 4.81. The van der Waals surface area contributed by atoms with Crippen LogP contribution in [-0.2, 0) is 4.74 Å². The van der Waals surface area contributed by atoms with Crippen molar-refractivity contribution in [3.05, 3.63) is 0 Å². The Balaban J connectivity index is 2.18. The summed E-state index contributed by atoms with van der Waals surface area (Å²) in [4.78, 5) is 5.11. The summed E-state index contributed by atoms with van der Waals surface area (Å²) in [7, 11) is 1.78. The lowest BCUT2D eigenvalue weighted by Gasteiger charge is -2.42. The van der Waals surface area contributed by atoms with Crippen molar-refractivity contribution in [1.82, 2.24) is 9.80 Å². The number of piperazine rings is 1. The Labute approximate surface area is 94.4 Å². The molecule has 1 aliphatic rings. The monoisotopic (exact) mass is 214 g/mol. The fraction of sp³-hybridized carbons (Fsp3) is 1.00. The van der Waals surface area contributed by atoms with Crippen LogP contribution in [0.25, 0.3) is 0 Å². The van der Waals surface area contributed by atoms with Gasteiger partial charge in [-0.2, -0.15) is 0 Å². The second-order valence-electron chi connectivity index (χ2n) is 5.35. The van der Waals surface area contributed by atoms with Gasteiger partial charge in [-0.05, 0) is 27.2 Å². The number of methoxy groups -OCH3 is 1. The summed E-state index contributed by atoms with van der Waals surface area (Å²) in [6, 6.07) is 0. The first kappa shape index (κ1) is 12.9. The van der Waals surface area contributed by atoms with E-state index in [0.29, 0.717) is 5.54 Å². The lowest BCUT2D eigenvalue weighted by molar-refractivity contribution is 0.0580. The van der Waals surface area contributed by atoms with E-state index in [1.165, 1.54) is 32.7 Å². The molecule has 0 radical (unpaired) electrons. The minimum absolute atomic E-state index is 0.332. The molecule has 1 rings (SSSR count). The molecule has 3 heteroatoms. The Bertz CT molecular complexity index is 169. The standard InChI is InChI=1S/C12H26N2O/c1-12(2,3)14-9-7-13(8-10-14)6-5-11-15-4/h5-11H2,1-4H3. The lowest BCUT2D eigenvalue weighted by Crippen LogP contribution is -2.53. The molecule has 1 saturated heterocycles. The predicted molar refractivity (Wildman–Crippen MR) is 64.3 cm³/mol. The quantitative estimate of drug-likeness (QED) is 0.659. The molecule has 0 spiro atoms. The molecule has 1 aliphatic heterocycles. The zero-order chi connectivity index (χ0) is 11.3. The second kappa shape index (κ2) is 5.83. The Morgan fingerprint density at radius 3 is 2.13 bits per heavy atom. The van der Waals surface area contributed by atoms with E-state index in [2.05, 4.69) is 30.6 Å². The fourth-order valence-corrected chi connectivity index (χ4v) is 2.07. The first-order chi connectivity index (χ1) is 7.04. The van der Waals surface area contributed by atoms with E-state index in [9.17, 15) is 0 Å². The van der Waals surface area contributed by atoms with Crippen molar-refractivity contribution in [3.8, 4) is 0 Å². The van der Waals surface area contributed by atoms with Crippen LogP contribution < -0.4 is 0 Å². The Morgan fingerprint density at radius 2 is 1.67 bits per heavy atom.